The molecule has 21 heavy (non-hydrogen) atoms. The molecular formula is C16H27N3O2. The molecule has 0 radical (unpaired) electrons. The van der Waals surface area contributed by atoms with Crippen molar-refractivity contribution in [3.63, 3.8) is 0 Å². The van der Waals surface area contributed by atoms with E-state index in [1.807, 2.05) is 24.3 Å². The molecule has 1 atom stereocenters. The molecule has 0 spiro atoms. The second kappa shape index (κ2) is 8.46. The Morgan fingerprint density at radius 3 is 2.38 bits per heavy atom. The van der Waals surface area contributed by atoms with Crippen LogP contribution in [-0.2, 0) is 6.54 Å². The van der Waals surface area contributed by atoms with E-state index in [4.69, 9.17) is 10.8 Å². The van der Waals surface area contributed by atoms with Crippen molar-refractivity contribution in [1.29, 1.82) is 0 Å². The van der Waals surface area contributed by atoms with Gasteiger partial charge in [-0.3, -0.25) is 9.80 Å². The Kier molecular flexibility index (Phi) is 6.60. The Labute approximate surface area is 127 Å². The molecule has 4 N–H and O–H groups in total. The minimum Gasteiger partial charge on any atom is -0.395 e. The van der Waals surface area contributed by atoms with Gasteiger partial charge < -0.3 is 15.9 Å². The molecule has 1 aromatic rings. The number of β-amino-alcohol motifs (C(OH)–C–C–N with tert-alkyl or cyclic N) is 2. The molecule has 1 unspecified atom stereocenters. The standard InChI is InChI=1S/C16H27N3O2/c17-12-14-2-4-15(5-3-14)16(21)13-19-7-1-6-18(8-9-19)10-11-20/h2-5,16,20-21H,1,6-13,17H2. The predicted octanol–water partition coefficient (Wildman–Crippen LogP) is 0.179. The van der Waals surface area contributed by atoms with Gasteiger partial charge in [-0.05, 0) is 30.6 Å². The SMILES string of the molecule is NCc1ccc(C(O)CN2CCCN(CCO)CC2)cc1. The highest BCUT2D eigenvalue weighted by molar-refractivity contribution is 5.24. The van der Waals surface area contributed by atoms with Crippen LogP contribution in [0.4, 0.5) is 0 Å². The summed E-state index contributed by atoms with van der Waals surface area (Å²) in [6.45, 7) is 6.08. The molecule has 0 saturated carbocycles. The first-order valence-electron chi connectivity index (χ1n) is 7.75. The highest BCUT2D eigenvalue weighted by atomic mass is 16.3. The Balaban J connectivity index is 1.85. The average molecular weight is 293 g/mol. The maximum atomic E-state index is 10.4. The molecule has 118 valence electrons. The van der Waals surface area contributed by atoms with E-state index in [1.165, 1.54) is 0 Å². The summed E-state index contributed by atoms with van der Waals surface area (Å²) in [6.07, 6.45) is 0.625. The van der Waals surface area contributed by atoms with Crippen molar-refractivity contribution in [2.45, 2.75) is 19.1 Å². The second-order valence-corrected chi connectivity index (χ2v) is 5.68. The predicted molar refractivity (Wildman–Crippen MR) is 83.9 cm³/mol. The van der Waals surface area contributed by atoms with Crippen molar-refractivity contribution in [2.75, 3.05) is 45.9 Å². The molecule has 1 aliphatic rings. The maximum Gasteiger partial charge on any atom is 0.0916 e. The van der Waals surface area contributed by atoms with Gasteiger partial charge in [-0.1, -0.05) is 24.3 Å². The molecule has 0 aromatic heterocycles. The first-order valence-corrected chi connectivity index (χ1v) is 7.75. The van der Waals surface area contributed by atoms with Gasteiger partial charge >= 0.3 is 0 Å². The summed E-state index contributed by atoms with van der Waals surface area (Å²) in [5.74, 6) is 0. The van der Waals surface area contributed by atoms with Crippen molar-refractivity contribution in [1.82, 2.24) is 9.80 Å². The minimum atomic E-state index is -0.457. The van der Waals surface area contributed by atoms with Crippen molar-refractivity contribution in [2.24, 2.45) is 5.73 Å². The van der Waals surface area contributed by atoms with Crippen LogP contribution >= 0.6 is 0 Å². The monoisotopic (exact) mass is 293 g/mol. The summed E-state index contributed by atoms with van der Waals surface area (Å²) in [4.78, 5) is 4.58. The highest BCUT2D eigenvalue weighted by Crippen LogP contribution is 2.16. The van der Waals surface area contributed by atoms with Crippen molar-refractivity contribution in [3.8, 4) is 0 Å². The zero-order valence-corrected chi connectivity index (χ0v) is 12.6. The van der Waals surface area contributed by atoms with Gasteiger partial charge in [0.05, 0.1) is 12.7 Å². The smallest absolute Gasteiger partial charge is 0.0916 e. The fourth-order valence-electron chi connectivity index (χ4n) is 2.80. The average Bonchev–Trinajstić information content (AvgIpc) is 2.73. The lowest BCUT2D eigenvalue weighted by atomic mass is 10.1. The van der Waals surface area contributed by atoms with E-state index in [-0.39, 0.29) is 6.61 Å². The first-order chi connectivity index (χ1) is 10.2. The lowest BCUT2D eigenvalue weighted by molar-refractivity contribution is 0.114. The maximum absolute atomic E-state index is 10.4. The summed E-state index contributed by atoms with van der Waals surface area (Å²) in [5, 5.41) is 19.4. The summed E-state index contributed by atoms with van der Waals surface area (Å²) >= 11 is 0. The van der Waals surface area contributed by atoms with Gasteiger partial charge in [0.2, 0.25) is 0 Å². The van der Waals surface area contributed by atoms with Gasteiger partial charge in [0, 0.05) is 32.7 Å². The van der Waals surface area contributed by atoms with Gasteiger partial charge in [0.15, 0.2) is 0 Å². The highest BCUT2D eigenvalue weighted by Gasteiger charge is 2.17. The molecule has 1 saturated heterocycles. The van der Waals surface area contributed by atoms with Gasteiger partial charge in [0.1, 0.15) is 0 Å². The van der Waals surface area contributed by atoms with Crippen LogP contribution in [0.25, 0.3) is 0 Å². The van der Waals surface area contributed by atoms with Crippen molar-refractivity contribution in [3.05, 3.63) is 35.4 Å². The summed E-state index contributed by atoms with van der Waals surface area (Å²) in [7, 11) is 0. The van der Waals surface area contributed by atoms with Crippen LogP contribution in [0.5, 0.6) is 0 Å². The van der Waals surface area contributed by atoms with E-state index in [9.17, 15) is 5.11 Å². The van der Waals surface area contributed by atoms with Crippen molar-refractivity contribution < 1.29 is 10.2 Å². The minimum absolute atomic E-state index is 0.218. The topological polar surface area (TPSA) is 73.0 Å². The molecule has 1 heterocycles. The van der Waals surface area contributed by atoms with Gasteiger partial charge in [0.25, 0.3) is 0 Å². The largest absolute Gasteiger partial charge is 0.395 e. The molecule has 0 aliphatic carbocycles. The zero-order chi connectivity index (χ0) is 15.1. The van der Waals surface area contributed by atoms with Crippen LogP contribution in [0, 0.1) is 0 Å². The van der Waals surface area contributed by atoms with Crippen LogP contribution in [0.2, 0.25) is 0 Å². The Morgan fingerprint density at radius 1 is 1.05 bits per heavy atom. The summed E-state index contributed by atoms with van der Waals surface area (Å²) in [6, 6.07) is 7.87. The zero-order valence-electron chi connectivity index (χ0n) is 12.6. The normalized spacial score (nSPS) is 19.4. The van der Waals surface area contributed by atoms with E-state index < -0.39 is 6.10 Å². The lowest BCUT2D eigenvalue weighted by Gasteiger charge is -2.24. The molecule has 1 aromatic carbocycles. The van der Waals surface area contributed by atoms with Crippen LogP contribution in [0.1, 0.15) is 23.7 Å². The number of hydrogen-bond acceptors (Lipinski definition) is 5. The third kappa shape index (κ3) is 5.05. The van der Waals surface area contributed by atoms with Gasteiger partial charge in [-0.2, -0.15) is 0 Å². The molecule has 5 heteroatoms. The van der Waals surface area contributed by atoms with E-state index in [0.29, 0.717) is 13.1 Å². The Bertz CT molecular complexity index is 410. The quantitative estimate of drug-likeness (QED) is 0.698. The third-order valence-electron chi connectivity index (χ3n) is 4.13. The van der Waals surface area contributed by atoms with Crippen LogP contribution in [0.15, 0.2) is 24.3 Å². The number of aliphatic hydroxyl groups is 2. The Morgan fingerprint density at radius 2 is 1.71 bits per heavy atom. The fourth-order valence-corrected chi connectivity index (χ4v) is 2.80. The number of nitrogens with two attached hydrogens (primary N) is 1. The number of benzene rings is 1. The molecule has 0 amide bonds. The van der Waals surface area contributed by atoms with Crippen LogP contribution in [0.3, 0.4) is 0 Å². The van der Waals surface area contributed by atoms with Gasteiger partial charge in [-0.15, -0.1) is 0 Å². The Hall–Kier alpha value is -0.980. The number of nitrogens with zero attached hydrogens (tertiary/aromatic N) is 2. The van der Waals surface area contributed by atoms with E-state index >= 15 is 0 Å². The van der Waals surface area contributed by atoms with E-state index in [0.717, 1.165) is 50.3 Å². The lowest BCUT2D eigenvalue weighted by Crippen LogP contribution is -2.34. The van der Waals surface area contributed by atoms with Crippen LogP contribution in [-0.4, -0.2) is 65.9 Å². The van der Waals surface area contributed by atoms with Crippen molar-refractivity contribution >= 4 is 0 Å². The van der Waals surface area contributed by atoms with E-state index in [1.54, 1.807) is 0 Å². The van der Waals surface area contributed by atoms with Gasteiger partial charge in [-0.25, -0.2) is 0 Å². The fraction of sp³-hybridized carbons (Fsp3) is 0.625. The summed E-state index contributed by atoms with van der Waals surface area (Å²) in [5.41, 5.74) is 7.62. The molecule has 1 aliphatic heterocycles. The molecule has 2 rings (SSSR count). The number of aliphatic hydroxyl groups excluding tert-OH is 2. The number of hydrogen-bond donors (Lipinski definition) is 3. The molecule has 1 fully saturated rings. The molecular weight excluding hydrogens is 266 g/mol. The second-order valence-electron chi connectivity index (χ2n) is 5.68. The summed E-state index contributed by atoms with van der Waals surface area (Å²) < 4.78 is 0. The third-order valence-corrected chi connectivity index (χ3v) is 4.13. The van der Waals surface area contributed by atoms with Crippen LogP contribution < -0.4 is 5.73 Å². The molecule has 5 nitrogen and oxygen atoms in total. The number of rotatable bonds is 6. The van der Waals surface area contributed by atoms with E-state index in [2.05, 4.69) is 9.80 Å². The first kappa shape index (κ1) is 16.4. The molecule has 0 bridgehead atoms.